The van der Waals surface area contributed by atoms with Gasteiger partial charge in [-0.25, -0.2) is 0 Å². The van der Waals surface area contributed by atoms with E-state index in [0.717, 1.165) is 56.1 Å². The van der Waals surface area contributed by atoms with Crippen molar-refractivity contribution in [2.24, 2.45) is 5.92 Å². The molecule has 4 atom stereocenters. The number of rotatable bonds is 12. The molecule has 1 aromatic carbocycles. The average Bonchev–Trinajstić information content (AvgIpc) is 3.00. The van der Waals surface area contributed by atoms with Crippen LogP contribution in [0.15, 0.2) is 48.6 Å². The highest BCUT2D eigenvalue weighted by Gasteiger charge is 2.37. The van der Waals surface area contributed by atoms with Crippen LogP contribution in [0.5, 0.6) is 0 Å². The third kappa shape index (κ3) is 7.13. The predicted molar refractivity (Wildman–Crippen MR) is 117 cm³/mol. The fourth-order valence-electron chi connectivity index (χ4n) is 4.05. The number of carbonyl (C=O) groups excluding carboxylic acids is 1. The molecule has 2 unspecified atom stereocenters. The number of hydrogen-bond acceptors (Lipinski definition) is 4. The van der Waals surface area contributed by atoms with Crippen LogP contribution < -0.4 is 0 Å². The first-order valence-electron chi connectivity index (χ1n) is 10.9. The number of benzene rings is 1. The summed E-state index contributed by atoms with van der Waals surface area (Å²) in [5.74, 6) is -0.0205. The molecule has 1 aromatic rings. The minimum Gasteiger partial charge on any atom is -0.469 e. The summed E-state index contributed by atoms with van der Waals surface area (Å²) in [4.78, 5) is 11.2. The van der Waals surface area contributed by atoms with Gasteiger partial charge in [0.1, 0.15) is 0 Å². The normalized spacial score (nSPS) is 22.3. The summed E-state index contributed by atoms with van der Waals surface area (Å²) in [7, 11) is 1.41. The molecule has 2 N–H and O–H groups in total. The maximum Gasteiger partial charge on any atom is 0.305 e. The van der Waals surface area contributed by atoms with Crippen molar-refractivity contribution in [1.82, 2.24) is 0 Å². The quantitative estimate of drug-likeness (QED) is 0.287. The van der Waals surface area contributed by atoms with E-state index in [1.165, 1.54) is 7.11 Å². The molecule has 0 aromatic heterocycles. The largest absolute Gasteiger partial charge is 0.469 e. The number of aliphatic hydroxyl groups excluding tert-OH is 2. The van der Waals surface area contributed by atoms with Gasteiger partial charge in [-0.3, -0.25) is 4.79 Å². The highest BCUT2D eigenvalue weighted by atomic mass is 16.5. The number of fused-ring (bicyclic) bond motifs is 1. The Morgan fingerprint density at radius 2 is 1.93 bits per heavy atom. The molecule has 29 heavy (non-hydrogen) atoms. The molecule has 4 nitrogen and oxygen atoms in total. The van der Waals surface area contributed by atoms with Gasteiger partial charge in [-0.05, 0) is 36.8 Å². The number of methoxy groups -OCH3 is 1. The Bertz CT molecular complexity index is 679. The Morgan fingerprint density at radius 3 is 2.66 bits per heavy atom. The SMILES string of the molecule is CCCCCC(O)C=CC1c2ccccc2[C@@H](O)[C@@H]1C/C=C\CCCC(=O)OC. The van der Waals surface area contributed by atoms with E-state index in [1.54, 1.807) is 0 Å². The molecule has 1 aliphatic rings. The first kappa shape index (κ1) is 23.4. The van der Waals surface area contributed by atoms with Gasteiger partial charge in [-0.2, -0.15) is 0 Å². The molecule has 0 spiro atoms. The van der Waals surface area contributed by atoms with Crippen molar-refractivity contribution in [2.45, 2.75) is 76.4 Å². The molecule has 0 radical (unpaired) electrons. The molecule has 0 aliphatic heterocycles. The van der Waals surface area contributed by atoms with E-state index in [1.807, 2.05) is 24.3 Å². The number of aliphatic hydroxyl groups is 2. The standard InChI is InChI=1S/C25H36O4/c1-3-4-7-12-19(26)17-18-21-20-13-10-11-15-22(20)25(28)23(21)14-8-5-6-9-16-24(27)29-2/h5,8,10-11,13,15,17-19,21,23,25-26,28H,3-4,6-7,9,12,14,16H2,1-2H3/b8-5-,18-17?/t19?,21?,23-,25-/m1/s1. The van der Waals surface area contributed by atoms with Crippen LogP contribution in [0.25, 0.3) is 0 Å². The number of unbranched alkanes of at least 4 members (excludes halogenated alkanes) is 3. The Labute approximate surface area is 175 Å². The third-order valence-corrected chi connectivity index (χ3v) is 5.74. The summed E-state index contributed by atoms with van der Waals surface area (Å²) in [6, 6.07) is 8.05. The van der Waals surface area contributed by atoms with Crippen molar-refractivity contribution >= 4 is 5.97 Å². The number of ether oxygens (including phenoxy) is 1. The van der Waals surface area contributed by atoms with Crippen LogP contribution in [0.4, 0.5) is 0 Å². The lowest BCUT2D eigenvalue weighted by Crippen LogP contribution is -2.11. The smallest absolute Gasteiger partial charge is 0.305 e. The maximum absolute atomic E-state index is 11.2. The second kappa shape index (κ2) is 12.6. The molecule has 0 fully saturated rings. The van der Waals surface area contributed by atoms with Crippen LogP contribution in [0.3, 0.4) is 0 Å². The Morgan fingerprint density at radius 1 is 1.17 bits per heavy atom. The Kier molecular flexibility index (Phi) is 10.2. The van der Waals surface area contributed by atoms with Gasteiger partial charge in [0.15, 0.2) is 0 Å². The lowest BCUT2D eigenvalue weighted by molar-refractivity contribution is -0.140. The number of carbonyl (C=O) groups is 1. The van der Waals surface area contributed by atoms with E-state index >= 15 is 0 Å². The van der Waals surface area contributed by atoms with Crippen molar-refractivity contribution in [3.05, 3.63) is 59.7 Å². The van der Waals surface area contributed by atoms with Crippen LogP contribution in [0.1, 0.15) is 81.4 Å². The van der Waals surface area contributed by atoms with Gasteiger partial charge in [0.25, 0.3) is 0 Å². The van der Waals surface area contributed by atoms with E-state index < -0.39 is 12.2 Å². The number of allylic oxidation sites excluding steroid dienone is 3. The zero-order chi connectivity index (χ0) is 21.1. The second-order valence-corrected chi connectivity index (χ2v) is 7.89. The summed E-state index contributed by atoms with van der Waals surface area (Å²) in [5, 5.41) is 21.1. The minimum absolute atomic E-state index is 0.0587. The average molecular weight is 401 g/mol. The lowest BCUT2D eigenvalue weighted by atomic mass is 9.88. The minimum atomic E-state index is -0.502. The van der Waals surface area contributed by atoms with Crippen LogP contribution in [0.2, 0.25) is 0 Å². The fraction of sp³-hybridized carbons (Fsp3) is 0.560. The molecule has 0 bridgehead atoms. The summed E-state index contributed by atoms with van der Waals surface area (Å²) in [6.07, 6.45) is 14.1. The van der Waals surface area contributed by atoms with Crippen molar-refractivity contribution in [1.29, 1.82) is 0 Å². The highest BCUT2D eigenvalue weighted by molar-refractivity contribution is 5.69. The molecule has 0 saturated carbocycles. The molecule has 0 amide bonds. The zero-order valence-electron chi connectivity index (χ0n) is 17.8. The Hall–Kier alpha value is -1.91. The summed E-state index contributed by atoms with van der Waals surface area (Å²) < 4.78 is 4.65. The van der Waals surface area contributed by atoms with Gasteiger partial charge in [0.05, 0.1) is 19.3 Å². The number of esters is 1. The summed E-state index contributed by atoms with van der Waals surface area (Å²) in [5.41, 5.74) is 2.15. The highest BCUT2D eigenvalue weighted by Crippen LogP contribution is 2.47. The molecule has 2 rings (SSSR count). The van der Waals surface area contributed by atoms with Crippen molar-refractivity contribution in [3.8, 4) is 0 Å². The van der Waals surface area contributed by atoms with Crippen molar-refractivity contribution < 1.29 is 19.7 Å². The van der Waals surface area contributed by atoms with Gasteiger partial charge >= 0.3 is 5.97 Å². The molecular weight excluding hydrogens is 364 g/mol. The van der Waals surface area contributed by atoms with Crippen LogP contribution >= 0.6 is 0 Å². The zero-order valence-corrected chi connectivity index (χ0v) is 17.8. The van der Waals surface area contributed by atoms with Gasteiger partial charge in [-0.15, -0.1) is 0 Å². The van der Waals surface area contributed by atoms with E-state index in [0.29, 0.717) is 6.42 Å². The van der Waals surface area contributed by atoms with Gasteiger partial charge in [0, 0.05) is 18.3 Å². The monoisotopic (exact) mass is 400 g/mol. The van der Waals surface area contributed by atoms with Gasteiger partial charge in [-0.1, -0.05) is 74.8 Å². The number of hydrogen-bond donors (Lipinski definition) is 2. The van der Waals surface area contributed by atoms with Gasteiger partial charge < -0.3 is 14.9 Å². The first-order valence-corrected chi connectivity index (χ1v) is 10.9. The maximum atomic E-state index is 11.2. The summed E-state index contributed by atoms with van der Waals surface area (Å²) in [6.45, 7) is 2.16. The molecule has 0 saturated heterocycles. The van der Waals surface area contributed by atoms with E-state index in [4.69, 9.17) is 0 Å². The van der Waals surface area contributed by atoms with E-state index in [-0.39, 0.29) is 17.8 Å². The third-order valence-electron chi connectivity index (χ3n) is 5.74. The van der Waals surface area contributed by atoms with Crippen LogP contribution in [-0.2, 0) is 9.53 Å². The summed E-state index contributed by atoms with van der Waals surface area (Å²) >= 11 is 0. The van der Waals surface area contributed by atoms with Crippen LogP contribution in [-0.4, -0.2) is 29.4 Å². The predicted octanol–water partition coefficient (Wildman–Crippen LogP) is 5.22. The van der Waals surface area contributed by atoms with Crippen molar-refractivity contribution in [3.63, 3.8) is 0 Å². The van der Waals surface area contributed by atoms with E-state index in [9.17, 15) is 15.0 Å². The molecule has 1 aliphatic carbocycles. The van der Waals surface area contributed by atoms with Crippen LogP contribution in [0, 0.1) is 5.92 Å². The lowest BCUT2D eigenvalue weighted by Gasteiger charge is -2.19. The molecular formula is C25H36O4. The fourth-order valence-corrected chi connectivity index (χ4v) is 4.05. The van der Waals surface area contributed by atoms with Crippen molar-refractivity contribution in [2.75, 3.05) is 7.11 Å². The Balaban J connectivity index is 1.98. The molecule has 0 heterocycles. The topological polar surface area (TPSA) is 66.8 Å². The molecule has 160 valence electrons. The van der Waals surface area contributed by atoms with Gasteiger partial charge in [0.2, 0.25) is 0 Å². The second-order valence-electron chi connectivity index (χ2n) is 7.89. The molecule has 4 heteroatoms. The first-order chi connectivity index (χ1) is 14.1. The van der Waals surface area contributed by atoms with E-state index in [2.05, 4.69) is 36.0 Å².